The molecule has 1 unspecified atom stereocenters. The Bertz CT molecular complexity index is 1020. The molecule has 0 bridgehead atoms. The van der Waals surface area contributed by atoms with Crippen LogP contribution in [-0.2, 0) is 14.3 Å². The van der Waals surface area contributed by atoms with Crippen LogP contribution in [0.4, 0.5) is 0 Å². The molecule has 0 radical (unpaired) electrons. The lowest BCUT2D eigenvalue weighted by atomic mass is 9.43. The van der Waals surface area contributed by atoms with E-state index in [1.54, 1.807) is 5.57 Å². The molecule has 0 aromatic heterocycles. The van der Waals surface area contributed by atoms with Gasteiger partial charge in [-0.1, -0.05) is 71.8 Å². The summed E-state index contributed by atoms with van der Waals surface area (Å²) in [5, 5.41) is 22.0. The van der Waals surface area contributed by atoms with Gasteiger partial charge < -0.3 is 14.9 Å². The molecule has 0 aromatic rings. The molecule has 0 amide bonds. The molecule has 38 heavy (non-hydrogen) atoms. The number of esters is 1. The molecule has 0 saturated heterocycles. The van der Waals surface area contributed by atoms with Crippen LogP contribution in [0.2, 0.25) is 0 Å². The maximum Gasteiger partial charge on any atom is 0.306 e. The maximum absolute atomic E-state index is 12.6. The Labute approximate surface area is 230 Å². The number of hydrogen-bond acceptors (Lipinski definition) is 4. The molecule has 5 heteroatoms. The third kappa shape index (κ3) is 4.30. The van der Waals surface area contributed by atoms with Gasteiger partial charge in [0.1, 0.15) is 6.10 Å². The van der Waals surface area contributed by atoms with E-state index in [9.17, 15) is 19.8 Å². The summed E-state index contributed by atoms with van der Waals surface area (Å²) in [5.74, 6) is -1.05. The number of carbonyl (C=O) groups excluding carboxylic acids is 1. The number of aliphatic hydroxyl groups is 1. The van der Waals surface area contributed by atoms with E-state index in [2.05, 4.69) is 55.0 Å². The first-order chi connectivity index (χ1) is 17.5. The monoisotopic (exact) mass is 528 g/mol. The van der Waals surface area contributed by atoms with Crippen LogP contribution in [0.15, 0.2) is 23.3 Å². The summed E-state index contributed by atoms with van der Waals surface area (Å²) in [4.78, 5) is 24.5. The average molecular weight is 529 g/mol. The summed E-state index contributed by atoms with van der Waals surface area (Å²) in [5.41, 5.74) is 3.62. The van der Waals surface area contributed by atoms with Crippen LogP contribution in [0, 0.1) is 45.3 Å². The summed E-state index contributed by atoms with van der Waals surface area (Å²) in [6.07, 6.45) is 6.98. The number of carboxylic acids is 1. The van der Waals surface area contributed by atoms with Gasteiger partial charge in [-0.15, -0.1) is 0 Å². The summed E-state index contributed by atoms with van der Waals surface area (Å²) < 4.78 is 5.82. The Kier molecular flexibility index (Phi) is 7.56. The van der Waals surface area contributed by atoms with E-state index in [4.69, 9.17) is 4.74 Å². The molecule has 214 valence electrons. The Morgan fingerprint density at radius 1 is 1.05 bits per heavy atom. The minimum Gasteiger partial charge on any atom is -0.481 e. The second-order valence-electron chi connectivity index (χ2n) is 14.8. The smallest absolute Gasteiger partial charge is 0.306 e. The van der Waals surface area contributed by atoms with Crippen molar-refractivity contribution in [2.24, 2.45) is 45.3 Å². The van der Waals surface area contributed by atoms with Gasteiger partial charge in [0.25, 0.3) is 0 Å². The number of carboxylic acid groups (broad SMARTS) is 1. The molecule has 4 rings (SSSR count). The standard InChI is InChI=1S/C33H52O5/c1-19(2)20(3)10-11-22(29(36)37)28-25(35)18-33(9)24-12-13-26-30(5,6)27(38-21(4)34)15-16-31(26,7)23(24)14-17-32(28,33)8/h19,22,25-28,35H,3,10-18H2,1-2,4-9H3,(H,36,37)/t22-,25-,26?,27+,28+,31-,32-,33+/m1/s1. The molecule has 0 spiro atoms. The highest BCUT2D eigenvalue weighted by molar-refractivity contribution is 5.71. The second-order valence-corrected chi connectivity index (χ2v) is 14.8. The Morgan fingerprint density at radius 2 is 1.71 bits per heavy atom. The van der Waals surface area contributed by atoms with Gasteiger partial charge in [0.05, 0.1) is 12.0 Å². The fraction of sp³-hybridized carbons (Fsp3) is 0.818. The molecule has 2 fully saturated rings. The number of carbonyl (C=O) groups is 2. The van der Waals surface area contributed by atoms with Crippen LogP contribution < -0.4 is 0 Å². The highest BCUT2D eigenvalue weighted by Crippen LogP contribution is 2.72. The van der Waals surface area contributed by atoms with Crippen LogP contribution in [0.5, 0.6) is 0 Å². The zero-order valence-electron chi connectivity index (χ0n) is 25.2. The molecule has 8 atom stereocenters. The van der Waals surface area contributed by atoms with Gasteiger partial charge in [0, 0.05) is 18.3 Å². The molecule has 2 saturated carbocycles. The van der Waals surface area contributed by atoms with Crippen molar-refractivity contribution in [1.82, 2.24) is 0 Å². The van der Waals surface area contributed by atoms with Crippen LogP contribution in [0.25, 0.3) is 0 Å². The predicted octanol–water partition coefficient (Wildman–Crippen LogP) is 7.33. The van der Waals surface area contributed by atoms with Gasteiger partial charge in [-0.05, 0) is 85.9 Å². The SMILES string of the molecule is C=C(CC[C@@H](C(=O)O)[C@H]1[C@H](O)C[C@@]2(C)C3=C(CC[C@]12C)[C@@]1(C)CC[C@H](OC(C)=O)C(C)(C)C1CC3)C(C)C. The minimum absolute atomic E-state index is 0.0440. The number of rotatable bonds is 7. The Morgan fingerprint density at radius 3 is 2.29 bits per heavy atom. The number of allylic oxidation sites excluding steroid dienone is 3. The highest BCUT2D eigenvalue weighted by atomic mass is 16.5. The molecular formula is C33H52O5. The minimum atomic E-state index is -0.780. The molecule has 0 heterocycles. The van der Waals surface area contributed by atoms with Crippen molar-refractivity contribution >= 4 is 11.9 Å². The van der Waals surface area contributed by atoms with Gasteiger partial charge in [-0.25, -0.2) is 0 Å². The molecule has 2 N–H and O–H groups in total. The fourth-order valence-electron chi connectivity index (χ4n) is 9.98. The van der Waals surface area contributed by atoms with Crippen molar-refractivity contribution in [1.29, 1.82) is 0 Å². The molecule has 0 aromatic carbocycles. The number of ether oxygens (including phenoxy) is 1. The van der Waals surface area contributed by atoms with Crippen LogP contribution >= 0.6 is 0 Å². The van der Waals surface area contributed by atoms with Crippen LogP contribution in [-0.4, -0.2) is 34.4 Å². The van der Waals surface area contributed by atoms with Crippen molar-refractivity contribution in [2.45, 2.75) is 125 Å². The normalized spacial score (nSPS) is 40.7. The lowest BCUT2D eigenvalue weighted by Gasteiger charge is -2.62. The van der Waals surface area contributed by atoms with E-state index >= 15 is 0 Å². The average Bonchev–Trinajstić information content (AvgIpc) is 3.01. The van der Waals surface area contributed by atoms with E-state index in [1.165, 1.54) is 12.5 Å². The zero-order valence-corrected chi connectivity index (χ0v) is 25.2. The van der Waals surface area contributed by atoms with Gasteiger partial charge in [-0.2, -0.15) is 0 Å². The largest absolute Gasteiger partial charge is 0.481 e. The van der Waals surface area contributed by atoms with E-state index < -0.39 is 18.0 Å². The van der Waals surface area contributed by atoms with Crippen molar-refractivity contribution < 1.29 is 24.5 Å². The topological polar surface area (TPSA) is 83.8 Å². The second kappa shape index (κ2) is 9.78. The maximum atomic E-state index is 12.6. The Hall–Kier alpha value is -1.62. The van der Waals surface area contributed by atoms with Crippen molar-refractivity contribution in [2.75, 3.05) is 0 Å². The van der Waals surface area contributed by atoms with E-state index in [0.717, 1.165) is 44.1 Å². The quantitative estimate of drug-likeness (QED) is 0.267. The lowest BCUT2D eigenvalue weighted by Crippen LogP contribution is -2.56. The van der Waals surface area contributed by atoms with Crippen LogP contribution in [0.1, 0.15) is 113 Å². The van der Waals surface area contributed by atoms with Crippen molar-refractivity contribution in [3.8, 4) is 0 Å². The zero-order chi connectivity index (χ0) is 28.4. The predicted molar refractivity (Wildman–Crippen MR) is 150 cm³/mol. The van der Waals surface area contributed by atoms with Crippen molar-refractivity contribution in [3.63, 3.8) is 0 Å². The third-order valence-corrected chi connectivity index (χ3v) is 12.4. The fourth-order valence-corrected chi connectivity index (χ4v) is 9.98. The molecule has 5 nitrogen and oxygen atoms in total. The summed E-state index contributed by atoms with van der Waals surface area (Å²) in [6, 6.07) is 0. The van der Waals surface area contributed by atoms with Gasteiger partial charge >= 0.3 is 11.9 Å². The molecule has 4 aliphatic carbocycles. The lowest BCUT2D eigenvalue weighted by molar-refractivity contribution is -0.167. The van der Waals surface area contributed by atoms with Crippen molar-refractivity contribution in [3.05, 3.63) is 23.3 Å². The molecule has 4 aliphatic rings. The van der Waals surface area contributed by atoms with E-state index in [1.807, 2.05) is 0 Å². The van der Waals surface area contributed by atoms with E-state index in [0.29, 0.717) is 31.1 Å². The first-order valence-corrected chi connectivity index (χ1v) is 15.0. The highest BCUT2D eigenvalue weighted by Gasteiger charge is 2.66. The Balaban J connectivity index is 1.69. The first-order valence-electron chi connectivity index (χ1n) is 15.0. The summed E-state index contributed by atoms with van der Waals surface area (Å²) in [7, 11) is 0. The molecule has 0 aliphatic heterocycles. The van der Waals surface area contributed by atoms with Gasteiger partial charge in [0.2, 0.25) is 0 Å². The van der Waals surface area contributed by atoms with E-state index in [-0.39, 0.29) is 39.7 Å². The molecular weight excluding hydrogens is 476 g/mol. The number of aliphatic hydroxyl groups excluding tert-OH is 1. The summed E-state index contributed by atoms with van der Waals surface area (Å²) in [6.45, 7) is 21.5. The number of aliphatic carboxylic acids is 1. The van der Waals surface area contributed by atoms with Gasteiger partial charge in [-0.3, -0.25) is 9.59 Å². The van der Waals surface area contributed by atoms with Crippen LogP contribution in [0.3, 0.4) is 0 Å². The third-order valence-electron chi connectivity index (χ3n) is 12.4. The number of fused-ring (bicyclic) bond motifs is 4. The first kappa shape index (κ1) is 29.4. The summed E-state index contributed by atoms with van der Waals surface area (Å²) >= 11 is 0. The van der Waals surface area contributed by atoms with Gasteiger partial charge in [0.15, 0.2) is 0 Å². The number of hydrogen-bond donors (Lipinski definition) is 2.